The third-order valence-electron chi connectivity index (χ3n) is 5.51. The standard InChI is InChI=1S/C23H22N4O4S/c1-15-22(25-23(32-15)17-4-2-3-7-24-17)16-5-6-19-18(12-16)27(21(29)14-31-19)13-20(28)26-8-10-30-11-9-26/h2-7,12H,8-11,13-14H2,1H3. The van der Waals surface area contributed by atoms with Crippen LogP contribution in [0.25, 0.3) is 22.0 Å². The molecule has 5 rings (SSSR count). The predicted molar refractivity (Wildman–Crippen MR) is 121 cm³/mol. The molecule has 0 radical (unpaired) electrons. The van der Waals surface area contributed by atoms with E-state index in [1.807, 2.05) is 43.3 Å². The van der Waals surface area contributed by atoms with Crippen molar-refractivity contribution >= 4 is 28.8 Å². The first-order valence-corrected chi connectivity index (χ1v) is 11.2. The fourth-order valence-corrected chi connectivity index (χ4v) is 4.75. The number of benzene rings is 1. The summed E-state index contributed by atoms with van der Waals surface area (Å²) in [6.45, 7) is 4.03. The largest absolute Gasteiger partial charge is 0.482 e. The minimum Gasteiger partial charge on any atom is -0.482 e. The SMILES string of the molecule is Cc1sc(-c2ccccn2)nc1-c1ccc2c(c1)N(CC(=O)N1CCOCC1)C(=O)CO2. The Labute approximate surface area is 189 Å². The Hall–Kier alpha value is -3.30. The number of aromatic nitrogens is 2. The molecule has 1 saturated heterocycles. The molecule has 1 aromatic carbocycles. The van der Waals surface area contributed by atoms with E-state index in [-0.39, 0.29) is 25.0 Å². The van der Waals surface area contributed by atoms with E-state index in [1.165, 1.54) is 4.90 Å². The van der Waals surface area contributed by atoms with E-state index in [1.54, 1.807) is 22.4 Å². The maximum atomic E-state index is 12.8. The highest BCUT2D eigenvalue weighted by atomic mass is 32.1. The van der Waals surface area contributed by atoms with Gasteiger partial charge in [0, 0.05) is 29.7 Å². The number of carbonyl (C=O) groups is 2. The highest BCUT2D eigenvalue weighted by molar-refractivity contribution is 7.15. The van der Waals surface area contributed by atoms with Crippen molar-refractivity contribution in [2.75, 3.05) is 44.4 Å². The number of rotatable bonds is 4. The molecule has 0 spiro atoms. The van der Waals surface area contributed by atoms with Gasteiger partial charge in [-0.2, -0.15) is 0 Å². The number of hydrogen-bond acceptors (Lipinski definition) is 7. The summed E-state index contributed by atoms with van der Waals surface area (Å²) < 4.78 is 10.9. The minimum atomic E-state index is -0.236. The molecule has 2 aromatic heterocycles. The number of nitrogens with zero attached hydrogens (tertiary/aromatic N) is 4. The summed E-state index contributed by atoms with van der Waals surface area (Å²) in [5.41, 5.74) is 3.10. The van der Waals surface area contributed by atoms with Gasteiger partial charge in [0.25, 0.3) is 5.91 Å². The second-order valence-electron chi connectivity index (χ2n) is 7.58. The average molecular weight is 451 g/mol. The molecule has 2 aliphatic rings. The van der Waals surface area contributed by atoms with Crippen molar-refractivity contribution in [1.29, 1.82) is 0 Å². The van der Waals surface area contributed by atoms with E-state index in [4.69, 9.17) is 14.5 Å². The molecule has 0 atom stereocenters. The molecule has 4 heterocycles. The first-order valence-electron chi connectivity index (χ1n) is 10.4. The van der Waals surface area contributed by atoms with E-state index in [0.29, 0.717) is 37.7 Å². The maximum Gasteiger partial charge on any atom is 0.265 e. The third kappa shape index (κ3) is 3.96. The summed E-state index contributed by atoms with van der Waals surface area (Å²) in [5, 5.41) is 0.836. The molecule has 0 bridgehead atoms. The van der Waals surface area contributed by atoms with Crippen molar-refractivity contribution in [3.8, 4) is 27.7 Å². The average Bonchev–Trinajstić information content (AvgIpc) is 3.23. The van der Waals surface area contributed by atoms with Crippen LogP contribution in [0.15, 0.2) is 42.6 Å². The van der Waals surface area contributed by atoms with Crippen molar-refractivity contribution in [1.82, 2.24) is 14.9 Å². The molecular formula is C23H22N4O4S. The highest BCUT2D eigenvalue weighted by Crippen LogP contribution is 2.39. The van der Waals surface area contributed by atoms with Crippen LogP contribution in [0, 0.1) is 6.92 Å². The molecule has 1 fully saturated rings. The number of carbonyl (C=O) groups excluding carboxylic acids is 2. The number of anilines is 1. The van der Waals surface area contributed by atoms with Gasteiger partial charge in [0.15, 0.2) is 6.61 Å². The smallest absolute Gasteiger partial charge is 0.265 e. The Balaban J connectivity index is 1.46. The van der Waals surface area contributed by atoms with E-state index in [9.17, 15) is 9.59 Å². The van der Waals surface area contributed by atoms with Gasteiger partial charge in [-0.15, -0.1) is 11.3 Å². The molecule has 3 aromatic rings. The molecule has 32 heavy (non-hydrogen) atoms. The second-order valence-corrected chi connectivity index (χ2v) is 8.79. The number of pyridine rings is 1. The lowest BCUT2D eigenvalue weighted by Crippen LogP contribution is -2.49. The van der Waals surface area contributed by atoms with Crippen LogP contribution in [0.3, 0.4) is 0 Å². The number of morpholine rings is 1. The molecule has 0 saturated carbocycles. The Kier molecular flexibility index (Phi) is 5.59. The van der Waals surface area contributed by atoms with E-state index in [2.05, 4.69) is 4.98 Å². The van der Waals surface area contributed by atoms with Crippen LogP contribution in [0.1, 0.15) is 4.88 Å². The van der Waals surface area contributed by atoms with Crippen LogP contribution in [-0.4, -0.2) is 66.1 Å². The van der Waals surface area contributed by atoms with Gasteiger partial charge in [-0.3, -0.25) is 19.5 Å². The van der Waals surface area contributed by atoms with Crippen molar-refractivity contribution in [2.24, 2.45) is 0 Å². The summed E-state index contributed by atoms with van der Waals surface area (Å²) in [6.07, 6.45) is 1.75. The number of amides is 2. The molecule has 8 nitrogen and oxygen atoms in total. The van der Waals surface area contributed by atoms with Gasteiger partial charge < -0.3 is 14.4 Å². The van der Waals surface area contributed by atoms with Crippen molar-refractivity contribution in [3.05, 3.63) is 47.5 Å². The lowest BCUT2D eigenvalue weighted by atomic mass is 10.1. The third-order valence-corrected chi connectivity index (χ3v) is 6.51. The Morgan fingerprint density at radius 3 is 2.81 bits per heavy atom. The fraction of sp³-hybridized carbons (Fsp3) is 0.304. The van der Waals surface area contributed by atoms with Gasteiger partial charge in [-0.05, 0) is 37.3 Å². The van der Waals surface area contributed by atoms with Crippen LogP contribution in [0.2, 0.25) is 0 Å². The fourth-order valence-electron chi connectivity index (χ4n) is 3.83. The lowest BCUT2D eigenvalue weighted by molar-refractivity contribution is -0.135. The molecule has 0 unspecified atom stereocenters. The van der Waals surface area contributed by atoms with E-state index in [0.717, 1.165) is 26.8 Å². The zero-order valence-corrected chi connectivity index (χ0v) is 18.4. The second kappa shape index (κ2) is 8.68. The number of ether oxygens (including phenoxy) is 2. The number of hydrogen-bond donors (Lipinski definition) is 0. The zero-order chi connectivity index (χ0) is 22.1. The van der Waals surface area contributed by atoms with Gasteiger partial charge in [0.05, 0.1) is 30.3 Å². The number of thiazole rings is 1. The molecule has 2 amide bonds. The van der Waals surface area contributed by atoms with E-state index < -0.39 is 0 Å². The summed E-state index contributed by atoms with van der Waals surface area (Å²) in [6, 6.07) is 11.4. The van der Waals surface area contributed by atoms with Gasteiger partial charge in [-0.25, -0.2) is 4.98 Å². The van der Waals surface area contributed by atoms with Crippen LogP contribution < -0.4 is 9.64 Å². The van der Waals surface area contributed by atoms with Crippen LogP contribution in [-0.2, 0) is 14.3 Å². The van der Waals surface area contributed by atoms with Crippen molar-refractivity contribution < 1.29 is 19.1 Å². The monoisotopic (exact) mass is 450 g/mol. The maximum absolute atomic E-state index is 12.8. The molecule has 164 valence electrons. The van der Waals surface area contributed by atoms with Crippen LogP contribution >= 0.6 is 11.3 Å². The zero-order valence-electron chi connectivity index (χ0n) is 17.6. The lowest BCUT2D eigenvalue weighted by Gasteiger charge is -2.32. The predicted octanol–water partition coefficient (Wildman–Crippen LogP) is 2.76. The summed E-state index contributed by atoms with van der Waals surface area (Å²) >= 11 is 1.57. The summed E-state index contributed by atoms with van der Waals surface area (Å²) in [7, 11) is 0. The first kappa shape index (κ1) is 20.6. The molecule has 2 aliphatic heterocycles. The Morgan fingerprint density at radius 2 is 2.03 bits per heavy atom. The summed E-state index contributed by atoms with van der Waals surface area (Å²) in [4.78, 5) is 39.0. The quantitative estimate of drug-likeness (QED) is 0.608. The van der Waals surface area contributed by atoms with Crippen LogP contribution in [0.4, 0.5) is 5.69 Å². The Morgan fingerprint density at radius 1 is 1.19 bits per heavy atom. The summed E-state index contributed by atoms with van der Waals surface area (Å²) in [5.74, 6) is 0.253. The van der Waals surface area contributed by atoms with Gasteiger partial charge in [0.1, 0.15) is 17.3 Å². The van der Waals surface area contributed by atoms with Gasteiger partial charge in [0.2, 0.25) is 5.91 Å². The van der Waals surface area contributed by atoms with Crippen LogP contribution in [0.5, 0.6) is 5.75 Å². The molecule has 0 aliphatic carbocycles. The molecule has 9 heteroatoms. The minimum absolute atomic E-state index is 0.0200. The number of fused-ring (bicyclic) bond motifs is 1. The number of aryl methyl sites for hydroxylation is 1. The highest BCUT2D eigenvalue weighted by Gasteiger charge is 2.30. The van der Waals surface area contributed by atoms with E-state index >= 15 is 0 Å². The van der Waals surface area contributed by atoms with Gasteiger partial charge >= 0.3 is 0 Å². The van der Waals surface area contributed by atoms with Crippen molar-refractivity contribution in [2.45, 2.75) is 6.92 Å². The molecule has 0 N–H and O–H groups in total. The topological polar surface area (TPSA) is 84.9 Å². The normalized spacial score (nSPS) is 16.0. The van der Waals surface area contributed by atoms with Crippen molar-refractivity contribution in [3.63, 3.8) is 0 Å². The first-order chi connectivity index (χ1) is 15.6. The molecular weight excluding hydrogens is 428 g/mol. The van der Waals surface area contributed by atoms with Gasteiger partial charge in [-0.1, -0.05) is 6.07 Å². The Bertz CT molecular complexity index is 1160.